The summed E-state index contributed by atoms with van der Waals surface area (Å²) in [5.74, 6) is 0.913. The summed E-state index contributed by atoms with van der Waals surface area (Å²) < 4.78 is 5.93. The van der Waals surface area contributed by atoms with Crippen LogP contribution >= 0.6 is 0 Å². The number of rotatable bonds is 11. The van der Waals surface area contributed by atoms with Crippen LogP contribution in [0.5, 0.6) is 0 Å². The van der Waals surface area contributed by atoms with Crippen LogP contribution in [0.4, 0.5) is 5.82 Å². The number of carboxylic acid groups (broad SMARTS) is 1. The van der Waals surface area contributed by atoms with Crippen LogP contribution in [0.3, 0.4) is 0 Å². The number of nitrogens with one attached hydrogen (secondary N) is 2. The summed E-state index contributed by atoms with van der Waals surface area (Å²) in [7, 11) is 0. The van der Waals surface area contributed by atoms with E-state index >= 15 is 0 Å². The molecule has 0 radical (unpaired) electrons. The predicted molar refractivity (Wildman–Crippen MR) is 119 cm³/mol. The molecular weight excluding hydrogens is 392 g/mol. The quantitative estimate of drug-likeness (QED) is 0.510. The standard InChI is InChI=1S/C24H32N4O3/c29-24(30)22(27-16-17-7-11-25-12-8-17)9-13-31-21-14-18(15-21)3-5-20-6-4-19-2-1-10-26-23(19)28-20/h4,6-8,11-12,18,21-22,27H,1-3,5,9-10,13-16H2,(H,26,28)(H,29,30)/t18-,21+,22-/m1/s1. The van der Waals surface area contributed by atoms with Crippen molar-refractivity contribution in [3.05, 3.63) is 53.5 Å². The van der Waals surface area contributed by atoms with Crippen molar-refractivity contribution in [2.24, 2.45) is 5.92 Å². The number of aliphatic carboxylic acids is 1. The molecule has 1 aliphatic heterocycles. The third-order valence-corrected chi connectivity index (χ3v) is 6.31. The van der Waals surface area contributed by atoms with E-state index in [4.69, 9.17) is 9.72 Å². The summed E-state index contributed by atoms with van der Waals surface area (Å²) in [4.78, 5) is 20.3. The first-order valence-electron chi connectivity index (χ1n) is 11.4. The number of aryl methyl sites for hydroxylation is 2. The van der Waals surface area contributed by atoms with Gasteiger partial charge in [0.25, 0.3) is 0 Å². The van der Waals surface area contributed by atoms with Gasteiger partial charge in [-0.2, -0.15) is 0 Å². The van der Waals surface area contributed by atoms with Gasteiger partial charge >= 0.3 is 5.97 Å². The number of carbonyl (C=O) groups is 1. The highest BCUT2D eigenvalue weighted by Gasteiger charge is 2.30. The number of hydrogen-bond acceptors (Lipinski definition) is 6. The molecule has 3 N–H and O–H groups in total. The number of ether oxygens (including phenoxy) is 1. The molecule has 3 heterocycles. The summed E-state index contributed by atoms with van der Waals surface area (Å²) in [5, 5.41) is 15.9. The number of aromatic nitrogens is 2. The van der Waals surface area contributed by atoms with Crippen molar-refractivity contribution in [1.29, 1.82) is 0 Å². The Labute approximate surface area is 183 Å². The van der Waals surface area contributed by atoms with Crippen molar-refractivity contribution in [2.75, 3.05) is 18.5 Å². The number of carboxylic acids is 1. The Kier molecular flexibility index (Phi) is 7.48. The van der Waals surface area contributed by atoms with E-state index in [0.717, 1.165) is 50.0 Å². The number of hydrogen-bond donors (Lipinski definition) is 3. The van der Waals surface area contributed by atoms with Gasteiger partial charge in [0.15, 0.2) is 0 Å². The average molecular weight is 425 g/mol. The molecular formula is C24H32N4O3. The highest BCUT2D eigenvalue weighted by Crippen LogP contribution is 2.34. The average Bonchev–Trinajstić information content (AvgIpc) is 2.77. The van der Waals surface area contributed by atoms with Crippen LogP contribution in [0.1, 0.15) is 48.9 Å². The summed E-state index contributed by atoms with van der Waals surface area (Å²) in [6.07, 6.45) is 10.7. The Morgan fingerprint density at radius 3 is 2.90 bits per heavy atom. The fourth-order valence-electron chi connectivity index (χ4n) is 4.31. The van der Waals surface area contributed by atoms with Crippen LogP contribution in [0, 0.1) is 5.92 Å². The zero-order chi connectivity index (χ0) is 21.5. The van der Waals surface area contributed by atoms with E-state index < -0.39 is 12.0 Å². The Balaban J connectivity index is 1.11. The molecule has 1 aliphatic carbocycles. The summed E-state index contributed by atoms with van der Waals surface area (Å²) in [6.45, 7) is 2.00. The minimum absolute atomic E-state index is 0.262. The van der Waals surface area contributed by atoms with Gasteiger partial charge in [-0.25, -0.2) is 4.98 Å². The Bertz CT molecular complexity index is 855. The monoisotopic (exact) mass is 424 g/mol. The molecule has 0 aromatic carbocycles. The summed E-state index contributed by atoms with van der Waals surface area (Å²) in [5.41, 5.74) is 3.53. The van der Waals surface area contributed by atoms with Gasteiger partial charge < -0.3 is 20.5 Å². The van der Waals surface area contributed by atoms with Crippen molar-refractivity contribution in [1.82, 2.24) is 15.3 Å². The first-order valence-corrected chi connectivity index (χ1v) is 11.4. The summed E-state index contributed by atoms with van der Waals surface area (Å²) >= 11 is 0. The van der Waals surface area contributed by atoms with E-state index in [0.29, 0.717) is 25.5 Å². The van der Waals surface area contributed by atoms with Gasteiger partial charge in [0.1, 0.15) is 11.9 Å². The highest BCUT2D eigenvalue weighted by atomic mass is 16.5. The number of pyridine rings is 2. The normalized spacial score (nSPS) is 20.9. The fraction of sp³-hybridized carbons (Fsp3) is 0.542. The topological polar surface area (TPSA) is 96.4 Å². The molecule has 4 rings (SSSR count). The molecule has 166 valence electrons. The molecule has 31 heavy (non-hydrogen) atoms. The Hall–Kier alpha value is -2.51. The van der Waals surface area contributed by atoms with Gasteiger partial charge in [0.2, 0.25) is 0 Å². The fourth-order valence-corrected chi connectivity index (χ4v) is 4.31. The molecule has 0 unspecified atom stereocenters. The van der Waals surface area contributed by atoms with E-state index in [9.17, 15) is 9.90 Å². The van der Waals surface area contributed by atoms with E-state index in [1.165, 1.54) is 17.7 Å². The van der Waals surface area contributed by atoms with Crippen molar-refractivity contribution in [3.63, 3.8) is 0 Å². The summed E-state index contributed by atoms with van der Waals surface area (Å²) in [6, 6.07) is 7.55. The van der Waals surface area contributed by atoms with Crippen LogP contribution < -0.4 is 10.6 Å². The largest absolute Gasteiger partial charge is 0.480 e. The third kappa shape index (κ3) is 6.24. The lowest BCUT2D eigenvalue weighted by atomic mass is 9.79. The second-order valence-corrected chi connectivity index (χ2v) is 8.63. The van der Waals surface area contributed by atoms with Gasteiger partial charge in [-0.1, -0.05) is 6.07 Å². The van der Waals surface area contributed by atoms with Crippen LogP contribution in [0.15, 0.2) is 36.7 Å². The third-order valence-electron chi connectivity index (χ3n) is 6.31. The van der Waals surface area contributed by atoms with Gasteiger partial charge in [-0.3, -0.25) is 9.78 Å². The molecule has 7 heteroatoms. The smallest absolute Gasteiger partial charge is 0.320 e. The SMILES string of the molecule is O=C(O)[C@@H](CCO[C@H]1C[C@@H](CCc2ccc3c(n2)NCCC3)C1)NCc1ccncc1. The lowest BCUT2D eigenvalue weighted by Crippen LogP contribution is -2.38. The molecule has 2 aromatic rings. The second-order valence-electron chi connectivity index (χ2n) is 8.63. The van der Waals surface area contributed by atoms with Crippen LogP contribution in [-0.2, 0) is 28.9 Å². The van der Waals surface area contributed by atoms with Crippen molar-refractivity contribution in [2.45, 2.75) is 63.6 Å². The van der Waals surface area contributed by atoms with E-state index in [-0.39, 0.29) is 6.10 Å². The van der Waals surface area contributed by atoms with Crippen molar-refractivity contribution < 1.29 is 14.6 Å². The van der Waals surface area contributed by atoms with Crippen LogP contribution in [0.25, 0.3) is 0 Å². The molecule has 0 saturated heterocycles. The van der Waals surface area contributed by atoms with Crippen molar-refractivity contribution in [3.8, 4) is 0 Å². The molecule has 2 aliphatic rings. The van der Waals surface area contributed by atoms with E-state index in [2.05, 4.69) is 27.8 Å². The zero-order valence-corrected chi connectivity index (χ0v) is 17.9. The first-order chi connectivity index (χ1) is 15.2. The Morgan fingerprint density at radius 1 is 1.26 bits per heavy atom. The first kappa shape index (κ1) is 21.7. The van der Waals surface area contributed by atoms with Crippen LogP contribution in [-0.4, -0.2) is 46.3 Å². The molecule has 0 spiro atoms. The van der Waals surface area contributed by atoms with Gasteiger partial charge in [-0.05, 0) is 80.2 Å². The van der Waals surface area contributed by atoms with E-state index in [1.807, 2.05) is 12.1 Å². The van der Waals surface area contributed by atoms with Crippen molar-refractivity contribution >= 4 is 11.8 Å². The number of nitrogens with zero attached hydrogens (tertiary/aromatic N) is 2. The predicted octanol–water partition coefficient (Wildman–Crippen LogP) is 3.20. The van der Waals surface area contributed by atoms with Crippen LogP contribution in [0.2, 0.25) is 0 Å². The lowest BCUT2D eigenvalue weighted by Gasteiger charge is -2.35. The zero-order valence-electron chi connectivity index (χ0n) is 17.9. The minimum Gasteiger partial charge on any atom is -0.480 e. The maximum atomic E-state index is 11.5. The molecule has 7 nitrogen and oxygen atoms in total. The second kappa shape index (κ2) is 10.7. The maximum Gasteiger partial charge on any atom is 0.320 e. The van der Waals surface area contributed by atoms with Gasteiger partial charge in [0, 0.05) is 37.8 Å². The maximum absolute atomic E-state index is 11.5. The molecule has 1 saturated carbocycles. The Morgan fingerprint density at radius 2 is 2.10 bits per heavy atom. The molecule has 0 amide bonds. The number of fused-ring (bicyclic) bond motifs is 1. The molecule has 0 bridgehead atoms. The number of anilines is 1. The highest BCUT2D eigenvalue weighted by molar-refractivity contribution is 5.73. The molecule has 1 atom stereocenters. The van der Waals surface area contributed by atoms with Gasteiger partial charge in [0.05, 0.1) is 6.10 Å². The van der Waals surface area contributed by atoms with Gasteiger partial charge in [-0.15, -0.1) is 0 Å². The van der Waals surface area contributed by atoms with E-state index in [1.54, 1.807) is 12.4 Å². The molecule has 2 aromatic heterocycles. The minimum atomic E-state index is -0.837. The lowest BCUT2D eigenvalue weighted by molar-refractivity contribution is -0.140. The molecule has 1 fully saturated rings.